The fourth-order valence-corrected chi connectivity index (χ4v) is 4.32. The van der Waals surface area contributed by atoms with Crippen LogP contribution < -0.4 is 5.32 Å². The molecule has 2 nitrogen and oxygen atoms in total. The first-order chi connectivity index (χ1) is 8.34. The van der Waals surface area contributed by atoms with Crippen molar-refractivity contribution in [1.29, 1.82) is 0 Å². The molecule has 0 aromatic carbocycles. The molecule has 2 aliphatic rings. The van der Waals surface area contributed by atoms with Gasteiger partial charge in [0.05, 0.1) is 11.2 Å². The van der Waals surface area contributed by atoms with Gasteiger partial charge >= 0.3 is 0 Å². The van der Waals surface area contributed by atoms with Crippen molar-refractivity contribution < 1.29 is 4.74 Å². The SMILES string of the molecule is CNC(CC1CCCC1)C1CC(C)(C)OC1(C)C. The minimum Gasteiger partial charge on any atom is -0.369 e. The maximum absolute atomic E-state index is 6.26. The van der Waals surface area contributed by atoms with Gasteiger partial charge in [-0.3, -0.25) is 0 Å². The Morgan fingerprint density at radius 3 is 2.22 bits per heavy atom. The molecular formula is C16H31NO. The van der Waals surface area contributed by atoms with E-state index in [-0.39, 0.29) is 11.2 Å². The first-order valence-corrected chi connectivity index (χ1v) is 7.71. The van der Waals surface area contributed by atoms with Crippen LogP contribution in [0.1, 0.15) is 66.2 Å². The lowest BCUT2D eigenvalue weighted by molar-refractivity contribution is -0.0780. The van der Waals surface area contributed by atoms with E-state index in [0.717, 1.165) is 5.92 Å². The Bertz CT molecular complexity index is 279. The van der Waals surface area contributed by atoms with Crippen LogP contribution in [0, 0.1) is 11.8 Å². The Morgan fingerprint density at radius 1 is 1.17 bits per heavy atom. The van der Waals surface area contributed by atoms with Gasteiger partial charge < -0.3 is 10.1 Å². The van der Waals surface area contributed by atoms with Gasteiger partial charge in [0.15, 0.2) is 0 Å². The summed E-state index contributed by atoms with van der Waals surface area (Å²) in [5.74, 6) is 1.58. The Kier molecular flexibility index (Phi) is 4.08. The monoisotopic (exact) mass is 253 g/mol. The highest BCUT2D eigenvalue weighted by Gasteiger charge is 2.48. The standard InChI is InChI=1S/C16H31NO/c1-15(2)11-13(16(3,4)18-15)14(17-5)10-12-8-6-7-9-12/h12-14,17H,6-11H2,1-5H3. The molecule has 106 valence electrons. The molecule has 1 saturated carbocycles. The van der Waals surface area contributed by atoms with Crippen LogP contribution in [0.5, 0.6) is 0 Å². The molecule has 1 heterocycles. The highest BCUT2D eigenvalue weighted by molar-refractivity contribution is 4.99. The van der Waals surface area contributed by atoms with E-state index in [0.29, 0.717) is 12.0 Å². The molecule has 0 aromatic rings. The molecule has 0 aromatic heterocycles. The molecule has 2 heteroatoms. The van der Waals surface area contributed by atoms with Gasteiger partial charge in [-0.05, 0) is 53.5 Å². The summed E-state index contributed by atoms with van der Waals surface area (Å²) in [4.78, 5) is 0. The molecule has 0 amide bonds. The van der Waals surface area contributed by atoms with Crippen molar-refractivity contribution in [1.82, 2.24) is 5.32 Å². The summed E-state index contributed by atoms with van der Waals surface area (Å²) in [5, 5.41) is 3.58. The number of nitrogens with one attached hydrogen (secondary N) is 1. The topological polar surface area (TPSA) is 21.3 Å². The van der Waals surface area contributed by atoms with Crippen molar-refractivity contribution in [2.24, 2.45) is 11.8 Å². The van der Waals surface area contributed by atoms with E-state index in [1.165, 1.54) is 38.5 Å². The van der Waals surface area contributed by atoms with Gasteiger partial charge in [0.2, 0.25) is 0 Å². The van der Waals surface area contributed by atoms with E-state index in [2.05, 4.69) is 40.1 Å². The molecular weight excluding hydrogens is 222 g/mol. The molecule has 2 rings (SSSR count). The molecule has 1 aliphatic heterocycles. The molecule has 18 heavy (non-hydrogen) atoms. The summed E-state index contributed by atoms with van der Waals surface area (Å²) >= 11 is 0. The average Bonchev–Trinajstić information content (AvgIpc) is 2.80. The van der Waals surface area contributed by atoms with Gasteiger partial charge in [-0.2, -0.15) is 0 Å². The molecule has 2 atom stereocenters. The zero-order valence-electron chi connectivity index (χ0n) is 12.9. The van der Waals surface area contributed by atoms with Crippen LogP contribution in [-0.4, -0.2) is 24.3 Å². The maximum atomic E-state index is 6.26. The molecule has 0 spiro atoms. The summed E-state index contributed by atoms with van der Waals surface area (Å²) in [6, 6.07) is 0.616. The second-order valence-electron chi connectivity index (χ2n) is 7.56. The molecule has 2 unspecified atom stereocenters. The van der Waals surface area contributed by atoms with Crippen molar-refractivity contribution in [2.45, 2.75) is 83.5 Å². The van der Waals surface area contributed by atoms with Crippen LogP contribution in [-0.2, 0) is 4.74 Å². The van der Waals surface area contributed by atoms with Gasteiger partial charge in [-0.1, -0.05) is 25.7 Å². The van der Waals surface area contributed by atoms with Crippen molar-refractivity contribution in [3.63, 3.8) is 0 Å². The lowest BCUT2D eigenvalue weighted by Gasteiger charge is -2.34. The van der Waals surface area contributed by atoms with Crippen molar-refractivity contribution in [3.8, 4) is 0 Å². The van der Waals surface area contributed by atoms with Crippen LogP contribution in [0.4, 0.5) is 0 Å². The van der Waals surface area contributed by atoms with E-state index in [9.17, 15) is 0 Å². The maximum Gasteiger partial charge on any atom is 0.0677 e. The highest BCUT2D eigenvalue weighted by Crippen LogP contribution is 2.45. The van der Waals surface area contributed by atoms with Crippen LogP contribution in [0.2, 0.25) is 0 Å². The first kappa shape index (κ1) is 14.3. The Labute approximate surface area is 113 Å². The van der Waals surface area contributed by atoms with E-state index in [1.54, 1.807) is 0 Å². The van der Waals surface area contributed by atoms with Gasteiger partial charge in [0.25, 0.3) is 0 Å². The highest BCUT2D eigenvalue weighted by atomic mass is 16.5. The minimum absolute atomic E-state index is 0.00970. The number of hydrogen-bond acceptors (Lipinski definition) is 2. The third-order valence-corrected chi connectivity index (χ3v) is 5.06. The molecule has 0 bridgehead atoms. The fourth-order valence-electron chi connectivity index (χ4n) is 4.32. The minimum atomic E-state index is 0.00970. The van der Waals surface area contributed by atoms with Crippen molar-refractivity contribution in [3.05, 3.63) is 0 Å². The Hall–Kier alpha value is -0.0800. The predicted octanol–water partition coefficient (Wildman–Crippen LogP) is 3.75. The lowest BCUT2D eigenvalue weighted by Crippen LogP contribution is -2.43. The van der Waals surface area contributed by atoms with E-state index in [1.807, 2.05) is 0 Å². The van der Waals surface area contributed by atoms with Crippen molar-refractivity contribution in [2.75, 3.05) is 7.05 Å². The largest absolute Gasteiger partial charge is 0.369 e. The number of rotatable bonds is 4. The Morgan fingerprint density at radius 2 is 1.78 bits per heavy atom. The summed E-state index contributed by atoms with van der Waals surface area (Å²) in [5.41, 5.74) is 0.0503. The molecule has 1 N–H and O–H groups in total. The molecule has 0 radical (unpaired) electrons. The van der Waals surface area contributed by atoms with E-state index < -0.39 is 0 Å². The fraction of sp³-hybridized carbons (Fsp3) is 1.00. The third-order valence-electron chi connectivity index (χ3n) is 5.06. The van der Waals surface area contributed by atoms with Crippen LogP contribution >= 0.6 is 0 Å². The van der Waals surface area contributed by atoms with Crippen LogP contribution in [0.3, 0.4) is 0 Å². The molecule has 2 fully saturated rings. The van der Waals surface area contributed by atoms with Gasteiger partial charge in [-0.25, -0.2) is 0 Å². The van der Waals surface area contributed by atoms with Gasteiger partial charge in [-0.15, -0.1) is 0 Å². The summed E-state index contributed by atoms with van der Waals surface area (Å²) in [7, 11) is 2.13. The average molecular weight is 253 g/mol. The van der Waals surface area contributed by atoms with Gasteiger partial charge in [0, 0.05) is 12.0 Å². The zero-order valence-corrected chi connectivity index (χ0v) is 12.9. The summed E-state index contributed by atoms with van der Waals surface area (Å²) in [6.07, 6.45) is 8.28. The second-order valence-corrected chi connectivity index (χ2v) is 7.56. The normalized spacial score (nSPS) is 32.8. The number of hydrogen-bond donors (Lipinski definition) is 1. The summed E-state index contributed by atoms with van der Waals surface area (Å²) < 4.78 is 6.26. The lowest BCUT2D eigenvalue weighted by atomic mass is 9.78. The van der Waals surface area contributed by atoms with Crippen LogP contribution in [0.15, 0.2) is 0 Å². The van der Waals surface area contributed by atoms with Crippen molar-refractivity contribution >= 4 is 0 Å². The second kappa shape index (κ2) is 5.13. The van der Waals surface area contributed by atoms with Crippen LogP contribution in [0.25, 0.3) is 0 Å². The first-order valence-electron chi connectivity index (χ1n) is 7.71. The third kappa shape index (κ3) is 3.08. The van der Waals surface area contributed by atoms with E-state index >= 15 is 0 Å². The quantitative estimate of drug-likeness (QED) is 0.824. The zero-order chi connectivity index (χ0) is 13.4. The smallest absolute Gasteiger partial charge is 0.0677 e. The Balaban J connectivity index is 2.02. The number of ether oxygens (including phenoxy) is 1. The summed E-state index contributed by atoms with van der Waals surface area (Å²) in [6.45, 7) is 9.00. The van der Waals surface area contributed by atoms with E-state index in [4.69, 9.17) is 4.74 Å². The van der Waals surface area contributed by atoms with Gasteiger partial charge in [0.1, 0.15) is 0 Å². The molecule has 1 saturated heterocycles. The predicted molar refractivity (Wildman–Crippen MR) is 76.8 cm³/mol. The molecule has 1 aliphatic carbocycles.